The van der Waals surface area contributed by atoms with Crippen LogP contribution in [0.1, 0.15) is 66.8 Å². The molecule has 37 heavy (non-hydrogen) atoms. The van der Waals surface area contributed by atoms with Crippen molar-refractivity contribution < 1.29 is 15.1 Å². The molecular formula is C30H52Cl2N2P2Ru. The topological polar surface area (TPSA) is 25.8 Å². The average molecular weight is 675 g/mol. The van der Waals surface area contributed by atoms with Gasteiger partial charge >= 0.3 is 34.5 Å². The molecule has 2 heterocycles. The van der Waals surface area contributed by atoms with E-state index in [2.05, 4.69) is 89.6 Å². The molecule has 0 atom stereocenters. The van der Waals surface area contributed by atoms with Crippen LogP contribution in [-0.2, 0) is 28.0 Å². The molecule has 0 amide bonds. The van der Waals surface area contributed by atoms with E-state index < -0.39 is 0 Å². The number of halogens is 2. The van der Waals surface area contributed by atoms with Crippen LogP contribution in [0, 0.1) is 23.7 Å². The molecule has 0 radical (unpaired) electrons. The Balaban J connectivity index is 0.000000633. The summed E-state index contributed by atoms with van der Waals surface area (Å²) in [5.74, 6) is 3.35. The van der Waals surface area contributed by atoms with Crippen molar-refractivity contribution in [2.75, 3.05) is 37.0 Å². The summed E-state index contributed by atoms with van der Waals surface area (Å²) >= 11 is -0.346. The molecule has 214 valence electrons. The normalized spacial score (nSPS) is 11.4. The number of nitrogens with zero attached hydrogens (tertiary/aromatic N) is 2. The van der Waals surface area contributed by atoms with E-state index in [9.17, 15) is 0 Å². The fourth-order valence-electron chi connectivity index (χ4n) is 4.22. The fourth-order valence-corrected chi connectivity index (χ4v) is 10.5. The number of hydrogen-bond acceptors (Lipinski definition) is 2. The van der Waals surface area contributed by atoms with Gasteiger partial charge in [-0.1, -0.05) is 67.5 Å². The number of aromatic nitrogens is 2. The average Bonchev–Trinajstić information content (AvgIpc) is 2.82. The van der Waals surface area contributed by atoms with Crippen molar-refractivity contribution in [1.82, 2.24) is 9.97 Å². The van der Waals surface area contributed by atoms with Gasteiger partial charge in [-0.2, -0.15) is 0 Å². The summed E-state index contributed by atoms with van der Waals surface area (Å²) in [6, 6.07) is 12.5. The Kier molecular flexibility index (Phi) is 24.4. The van der Waals surface area contributed by atoms with Crippen molar-refractivity contribution >= 4 is 35.2 Å². The van der Waals surface area contributed by atoms with Gasteiger partial charge in [-0.05, 0) is 97.8 Å². The van der Waals surface area contributed by atoms with Crippen LogP contribution in [0.2, 0.25) is 0 Å². The zero-order chi connectivity index (χ0) is 28.1. The first-order valence-electron chi connectivity index (χ1n) is 13.7. The molecular weight excluding hydrogens is 622 g/mol. The molecule has 0 saturated heterocycles. The molecule has 0 saturated carbocycles. The Hall–Kier alpha value is 0.363. The predicted octanol–water partition coefficient (Wildman–Crippen LogP) is 10.2. The van der Waals surface area contributed by atoms with Gasteiger partial charge < -0.3 is 0 Å². The Bertz CT molecular complexity index is 666. The third-order valence-electron chi connectivity index (χ3n) is 5.31. The van der Waals surface area contributed by atoms with Gasteiger partial charge in [0.1, 0.15) is 0 Å². The van der Waals surface area contributed by atoms with E-state index in [1.807, 2.05) is 24.5 Å². The van der Waals surface area contributed by atoms with E-state index in [0.29, 0.717) is 0 Å². The third kappa shape index (κ3) is 23.9. The van der Waals surface area contributed by atoms with Gasteiger partial charge in [0.2, 0.25) is 0 Å². The van der Waals surface area contributed by atoms with Crippen LogP contribution >= 0.6 is 35.2 Å². The molecule has 0 spiro atoms. The standard InChI is InChI=1S/2C15H26NP.2ClH.Ru/c2*1-13(2)11-17(12-14(3)4)10-8-15-7-5-6-9-16-15;;;/h2*5-7,9,13-14H,8,10-12H2,1-4H3;2*1H;/q;;;;+2/p-2. The van der Waals surface area contributed by atoms with Crippen LogP contribution in [0.15, 0.2) is 48.8 Å². The van der Waals surface area contributed by atoms with Gasteiger partial charge in [0.15, 0.2) is 0 Å². The summed E-state index contributed by atoms with van der Waals surface area (Å²) in [5, 5.41) is 0. The summed E-state index contributed by atoms with van der Waals surface area (Å²) in [4.78, 5) is 8.84. The molecule has 2 rings (SSSR count). The zero-order valence-electron chi connectivity index (χ0n) is 24.5. The second-order valence-corrected chi connectivity index (χ2v) is 19.0. The van der Waals surface area contributed by atoms with E-state index >= 15 is 0 Å². The summed E-state index contributed by atoms with van der Waals surface area (Å²) in [7, 11) is 10.1. The SMILES string of the molecule is CC(C)CP(CCc1ccccn1)CC(C)C.CC(C)CP(CCc1ccccn1)CC(C)C.[Cl][Ru][Cl]. The first-order chi connectivity index (χ1) is 17.6. The first-order valence-corrected chi connectivity index (χ1v) is 21.9. The van der Waals surface area contributed by atoms with E-state index in [-0.39, 0.29) is 31.0 Å². The number of hydrogen-bond donors (Lipinski definition) is 0. The summed E-state index contributed by atoms with van der Waals surface area (Å²) in [6.45, 7) is 18.7. The van der Waals surface area contributed by atoms with E-state index in [1.54, 1.807) is 0 Å². The van der Waals surface area contributed by atoms with Gasteiger partial charge in [0.05, 0.1) is 0 Å². The monoisotopic (exact) mass is 674 g/mol. The second-order valence-electron chi connectivity index (χ2n) is 11.3. The number of rotatable bonds is 14. The molecule has 0 aliphatic carbocycles. The van der Waals surface area contributed by atoms with Gasteiger partial charge in [0, 0.05) is 23.8 Å². The molecule has 0 aliphatic heterocycles. The quantitative estimate of drug-likeness (QED) is 0.147. The first kappa shape index (κ1) is 37.4. The maximum atomic E-state index is 4.85. The van der Waals surface area contributed by atoms with Gasteiger partial charge in [0.25, 0.3) is 0 Å². The number of aryl methyl sites for hydroxylation is 2. The van der Waals surface area contributed by atoms with E-state index in [4.69, 9.17) is 19.4 Å². The molecule has 0 N–H and O–H groups in total. The Labute approximate surface area is 248 Å². The minimum atomic E-state index is -0.346. The van der Waals surface area contributed by atoms with Gasteiger partial charge in [-0.3, -0.25) is 9.97 Å². The molecule has 0 fully saturated rings. The van der Waals surface area contributed by atoms with Crippen molar-refractivity contribution in [2.45, 2.75) is 68.2 Å². The molecule has 2 aromatic rings. The Morgan fingerprint density at radius 2 is 0.892 bits per heavy atom. The predicted molar refractivity (Wildman–Crippen MR) is 170 cm³/mol. The van der Waals surface area contributed by atoms with Crippen molar-refractivity contribution in [3.63, 3.8) is 0 Å². The van der Waals surface area contributed by atoms with Crippen LogP contribution in [-0.4, -0.2) is 46.9 Å². The van der Waals surface area contributed by atoms with Crippen LogP contribution < -0.4 is 0 Å². The van der Waals surface area contributed by atoms with Crippen molar-refractivity contribution in [3.8, 4) is 0 Å². The molecule has 7 heteroatoms. The Morgan fingerprint density at radius 3 is 1.11 bits per heavy atom. The molecule has 2 aromatic heterocycles. The van der Waals surface area contributed by atoms with Crippen molar-refractivity contribution in [2.24, 2.45) is 23.7 Å². The van der Waals surface area contributed by atoms with Gasteiger partial charge in [-0.25, -0.2) is 0 Å². The maximum absolute atomic E-state index is 4.85. The molecule has 0 aromatic carbocycles. The third-order valence-corrected chi connectivity index (χ3v) is 12.0. The summed E-state index contributed by atoms with van der Waals surface area (Å²) in [6.07, 6.45) is 14.5. The fraction of sp³-hybridized carbons (Fsp3) is 0.667. The summed E-state index contributed by atoms with van der Waals surface area (Å²) in [5.41, 5.74) is 2.51. The van der Waals surface area contributed by atoms with Crippen LogP contribution in [0.4, 0.5) is 0 Å². The van der Waals surface area contributed by atoms with Gasteiger partial charge in [-0.15, -0.1) is 15.8 Å². The summed E-state index contributed by atoms with van der Waals surface area (Å²) < 4.78 is 0. The second kappa shape index (κ2) is 24.2. The van der Waals surface area contributed by atoms with Crippen LogP contribution in [0.3, 0.4) is 0 Å². The van der Waals surface area contributed by atoms with Crippen molar-refractivity contribution in [3.05, 3.63) is 60.2 Å². The molecule has 2 nitrogen and oxygen atoms in total. The van der Waals surface area contributed by atoms with Crippen molar-refractivity contribution in [1.29, 1.82) is 0 Å². The van der Waals surface area contributed by atoms with E-state index in [1.165, 1.54) is 48.4 Å². The zero-order valence-corrected chi connectivity index (χ0v) is 29.5. The number of pyridine rings is 2. The van der Waals surface area contributed by atoms with Crippen LogP contribution in [0.25, 0.3) is 0 Å². The molecule has 0 bridgehead atoms. The molecule has 0 aliphatic rings. The van der Waals surface area contributed by atoms with E-state index in [0.717, 1.165) is 36.5 Å². The molecule has 0 unspecified atom stereocenters. The Morgan fingerprint density at radius 1 is 0.595 bits per heavy atom. The minimum absolute atomic E-state index is 0.197. The van der Waals surface area contributed by atoms with Crippen LogP contribution in [0.5, 0.6) is 0 Å².